The van der Waals surface area contributed by atoms with Crippen molar-refractivity contribution in [2.24, 2.45) is 0 Å². The van der Waals surface area contributed by atoms with Gasteiger partial charge in [-0.3, -0.25) is 4.79 Å². The second-order valence-corrected chi connectivity index (χ2v) is 6.06. The number of hydrogen-bond acceptors (Lipinski definition) is 5. The molecule has 0 radical (unpaired) electrons. The molecule has 0 unspecified atom stereocenters. The Hall–Kier alpha value is -3.35. The molecule has 28 heavy (non-hydrogen) atoms. The van der Waals surface area contributed by atoms with Crippen LogP contribution in [-0.2, 0) is 17.8 Å². The number of nitrogens with one attached hydrogen (secondary N) is 1. The number of benzene rings is 2. The first-order valence-electron chi connectivity index (χ1n) is 8.78. The summed E-state index contributed by atoms with van der Waals surface area (Å²) in [5.41, 5.74) is 1.24. The number of amides is 1. The summed E-state index contributed by atoms with van der Waals surface area (Å²) in [5, 5.41) is 2.84. The van der Waals surface area contributed by atoms with Gasteiger partial charge >= 0.3 is 0 Å². The minimum atomic E-state index is -0.377. The molecule has 1 amide bonds. The van der Waals surface area contributed by atoms with E-state index < -0.39 is 0 Å². The quantitative estimate of drug-likeness (QED) is 0.640. The lowest BCUT2D eigenvalue weighted by atomic mass is 10.2. The van der Waals surface area contributed by atoms with Gasteiger partial charge < -0.3 is 19.2 Å². The first kappa shape index (κ1) is 19.4. The Balaban J connectivity index is 1.52. The van der Waals surface area contributed by atoms with Gasteiger partial charge in [-0.1, -0.05) is 18.2 Å². The largest absolute Gasteiger partial charge is 0.493 e. The van der Waals surface area contributed by atoms with Crippen molar-refractivity contribution in [2.75, 3.05) is 14.2 Å². The van der Waals surface area contributed by atoms with E-state index in [4.69, 9.17) is 13.9 Å². The summed E-state index contributed by atoms with van der Waals surface area (Å²) < 4.78 is 29.8. The topological polar surface area (TPSA) is 73.6 Å². The average Bonchev–Trinajstić information content (AvgIpc) is 3.19. The molecule has 7 heteroatoms. The number of ether oxygens (including phenoxy) is 2. The Morgan fingerprint density at radius 3 is 2.68 bits per heavy atom. The SMILES string of the molecule is COc1ccc(CNC(=O)CCc2ncc(-c3ccccc3F)o2)cc1OC. The molecule has 0 spiro atoms. The lowest BCUT2D eigenvalue weighted by molar-refractivity contribution is -0.121. The van der Waals surface area contributed by atoms with E-state index in [-0.39, 0.29) is 18.1 Å². The second kappa shape index (κ2) is 9.03. The number of aromatic nitrogens is 1. The summed E-state index contributed by atoms with van der Waals surface area (Å²) in [5.74, 6) is 1.46. The van der Waals surface area contributed by atoms with E-state index in [1.165, 1.54) is 12.3 Å². The van der Waals surface area contributed by atoms with Crippen LogP contribution in [0.3, 0.4) is 0 Å². The van der Waals surface area contributed by atoms with E-state index >= 15 is 0 Å². The molecule has 0 bridgehead atoms. The Bertz CT molecular complexity index is 955. The zero-order valence-corrected chi connectivity index (χ0v) is 15.7. The molecule has 0 saturated carbocycles. The van der Waals surface area contributed by atoms with Crippen molar-refractivity contribution in [3.63, 3.8) is 0 Å². The Morgan fingerprint density at radius 1 is 1.14 bits per heavy atom. The van der Waals surface area contributed by atoms with Gasteiger partial charge in [0.15, 0.2) is 23.1 Å². The van der Waals surface area contributed by atoms with Gasteiger partial charge in [0.2, 0.25) is 5.91 Å². The summed E-state index contributed by atoms with van der Waals surface area (Å²) in [7, 11) is 3.13. The van der Waals surface area contributed by atoms with Crippen LogP contribution < -0.4 is 14.8 Å². The van der Waals surface area contributed by atoms with Crippen LogP contribution in [0.1, 0.15) is 17.9 Å². The summed E-state index contributed by atoms with van der Waals surface area (Å²) in [6.45, 7) is 0.366. The third-order valence-corrected chi connectivity index (χ3v) is 4.20. The monoisotopic (exact) mass is 384 g/mol. The number of carbonyl (C=O) groups excluding carboxylic acids is 1. The maximum atomic E-state index is 13.8. The highest BCUT2D eigenvalue weighted by Crippen LogP contribution is 2.27. The maximum absolute atomic E-state index is 13.8. The number of halogens is 1. The minimum absolute atomic E-state index is 0.138. The van der Waals surface area contributed by atoms with Gasteiger partial charge in [0, 0.05) is 19.4 Å². The predicted molar refractivity (Wildman–Crippen MR) is 102 cm³/mol. The van der Waals surface area contributed by atoms with E-state index in [0.29, 0.717) is 41.7 Å². The Morgan fingerprint density at radius 2 is 1.93 bits per heavy atom. The van der Waals surface area contributed by atoms with Gasteiger partial charge in [-0.05, 0) is 29.8 Å². The molecule has 0 saturated heterocycles. The Labute approximate surface area is 162 Å². The van der Waals surface area contributed by atoms with E-state index in [2.05, 4.69) is 10.3 Å². The lowest BCUT2D eigenvalue weighted by Gasteiger charge is -2.10. The van der Waals surface area contributed by atoms with Crippen LogP contribution >= 0.6 is 0 Å². The van der Waals surface area contributed by atoms with E-state index in [0.717, 1.165) is 5.56 Å². The molecule has 0 aliphatic rings. The van der Waals surface area contributed by atoms with Crippen LogP contribution in [0.5, 0.6) is 11.5 Å². The average molecular weight is 384 g/mol. The highest BCUT2D eigenvalue weighted by Gasteiger charge is 2.12. The highest BCUT2D eigenvalue weighted by atomic mass is 19.1. The van der Waals surface area contributed by atoms with Gasteiger partial charge in [0.1, 0.15) is 5.82 Å². The number of oxazole rings is 1. The molecule has 0 aliphatic heterocycles. The van der Waals surface area contributed by atoms with Gasteiger partial charge in [-0.25, -0.2) is 9.37 Å². The third kappa shape index (κ3) is 4.68. The summed E-state index contributed by atoms with van der Waals surface area (Å²) >= 11 is 0. The van der Waals surface area contributed by atoms with Gasteiger partial charge in [0.05, 0.1) is 26.0 Å². The fourth-order valence-corrected chi connectivity index (χ4v) is 2.71. The first-order valence-corrected chi connectivity index (χ1v) is 8.78. The van der Waals surface area contributed by atoms with Crippen LogP contribution in [0, 0.1) is 5.82 Å². The number of rotatable bonds is 8. The summed E-state index contributed by atoms with van der Waals surface area (Å²) in [4.78, 5) is 16.2. The molecule has 0 fully saturated rings. The fraction of sp³-hybridized carbons (Fsp3) is 0.238. The normalized spacial score (nSPS) is 10.5. The molecule has 2 aromatic carbocycles. The third-order valence-electron chi connectivity index (χ3n) is 4.20. The standard InChI is InChI=1S/C21H21FN2O4/c1-26-17-8-7-14(11-18(17)27-2)12-23-20(25)9-10-21-24-13-19(28-21)15-5-3-4-6-16(15)22/h3-8,11,13H,9-10,12H2,1-2H3,(H,23,25). The zero-order valence-electron chi connectivity index (χ0n) is 15.7. The van der Waals surface area contributed by atoms with E-state index in [1.54, 1.807) is 38.5 Å². The molecule has 1 heterocycles. The van der Waals surface area contributed by atoms with Crippen molar-refractivity contribution < 1.29 is 23.1 Å². The molecule has 1 N–H and O–H groups in total. The fourth-order valence-electron chi connectivity index (χ4n) is 2.71. The number of nitrogens with zero attached hydrogens (tertiary/aromatic N) is 1. The lowest BCUT2D eigenvalue weighted by Crippen LogP contribution is -2.23. The second-order valence-electron chi connectivity index (χ2n) is 6.06. The molecule has 0 atom stereocenters. The molecule has 1 aromatic heterocycles. The van der Waals surface area contributed by atoms with E-state index in [9.17, 15) is 9.18 Å². The Kier molecular flexibility index (Phi) is 6.26. The summed E-state index contributed by atoms with van der Waals surface area (Å²) in [6.07, 6.45) is 2.01. The summed E-state index contributed by atoms with van der Waals surface area (Å²) in [6, 6.07) is 11.8. The molecular formula is C21H21FN2O4. The highest BCUT2D eigenvalue weighted by molar-refractivity contribution is 5.76. The van der Waals surface area contributed by atoms with Crippen molar-refractivity contribution in [2.45, 2.75) is 19.4 Å². The van der Waals surface area contributed by atoms with Crippen molar-refractivity contribution in [3.8, 4) is 22.8 Å². The minimum Gasteiger partial charge on any atom is -0.493 e. The van der Waals surface area contributed by atoms with E-state index in [1.807, 2.05) is 12.1 Å². The van der Waals surface area contributed by atoms with Crippen molar-refractivity contribution in [1.29, 1.82) is 0 Å². The van der Waals surface area contributed by atoms with Crippen LogP contribution in [-0.4, -0.2) is 25.1 Å². The van der Waals surface area contributed by atoms with Crippen molar-refractivity contribution in [3.05, 3.63) is 65.9 Å². The van der Waals surface area contributed by atoms with Crippen LogP contribution in [0.2, 0.25) is 0 Å². The van der Waals surface area contributed by atoms with Gasteiger partial charge in [-0.2, -0.15) is 0 Å². The molecule has 3 rings (SSSR count). The van der Waals surface area contributed by atoms with Gasteiger partial charge in [0.25, 0.3) is 0 Å². The molecule has 3 aromatic rings. The van der Waals surface area contributed by atoms with Crippen LogP contribution in [0.25, 0.3) is 11.3 Å². The number of aryl methyl sites for hydroxylation is 1. The zero-order chi connectivity index (χ0) is 19.9. The molecular weight excluding hydrogens is 363 g/mol. The predicted octanol–water partition coefficient (Wildman–Crippen LogP) is 3.75. The number of methoxy groups -OCH3 is 2. The van der Waals surface area contributed by atoms with Gasteiger partial charge in [-0.15, -0.1) is 0 Å². The smallest absolute Gasteiger partial charge is 0.220 e. The van der Waals surface area contributed by atoms with Crippen LogP contribution in [0.4, 0.5) is 4.39 Å². The molecule has 0 aliphatic carbocycles. The maximum Gasteiger partial charge on any atom is 0.220 e. The number of carbonyl (C=O) groups is 1. The molecule has 6 nitrogen and oxygen atoms in total. The molecule has 146 valence electrons. The van der Waals surface area contributed by atoms with Crippen LogP contribution in [0.15, 0.2) is 53.1 Å². The van der Waals surface area contributed by atoms with Crippen molar-refractivity contribution >= 4 is 5.91 Å². The van der Waals surface area contributed by atoms with Crippen molar-refractivity contribution in [1.82, 2.24) is 10.3 Å². The first-order chi connectivity index (χ1) is 13.6. The number of hydrogen-bond donors (Lipinski definition) is 1.